The quantitative estimate of drug-likeness (QED) is 0.536. The van der Waals surface area contributed by atoms with Crippen LogP contribution in [0.4, 0.5) is 5.13 Å². The van der Waals surface area contributed by atoms with E-state index in [9.17, 15) is 4.79 Å². The van der Waals surface area contributed by atoms with Gasteiger partial charge >= 0.3 is 0 Å². The molecule has 0 saturated carbocycles. The van der Waals surface area contributed by atoms with Crippen molar-refractivity contribution in [2.24, 2.45) is 0 Å². The summed E-state index contributed by atoms with van der Waals surface area (Å²) in [4.78, 5) is 15.8. The second-order valence-corrected chi connectivity index (χ2v) is 8.14. The van der Waals surface area contributed by atoms with Gasteiger partial charge in [0.15, 0.2) is 0 Å². The van der Waals surface area contributed by atoms with Crippen molar-refractivity contribution in [1.29, 1.82) is 0 Å². The van der Waals surface area contributed by atoms with Gasteiger partial charge in [-0.2, -0.15) is 5.10 Å². The Bertz CT molecular complexity index is 1170. The van der Waals surface area contributed by atoms with E-state index in [1.54, 1.807) is 0 Å². The van der Waals surface area contributed by atoms with Crippen molar-refractivity contribution in [3.63, 3.8) is 0 Å². The lowest BCUT2D eigenvalue weighted by Crippen LogP contribution is -2.11. The van der Waals surface area contributed by atoms with Crippen LogP contribution in [-0.4, -0.2) is 30.9 Å². The van der Waals surface area contributed by atoms with Crippen LogP contribution in [0, 0.1) is 27.7 Å². The fraction of sp³-hybridized carbons (Fsp3) is 0.300. The zero-order valence-electron chi connectivity index (χ0n) is 16.3. The number of aromatic amines is 1. The van der Waals surface area contributed by atoms with E-state index in [-0.39, 0.29) is 5.91 Å². The molecule has 7 nitrogen and oxygen atoms in total. The number of aromatic nitrogens is 5. The van der Waals surface area contributed by atoms with Gasteiger partial charge < -0.3 is 4.98 Å². The Morgan fingerprint density at radius 1 is 1.14 bits per heavy atom. The third-order valence-corrected chi connectivity index (χ3v) is 5.56. The molecule has 0 saturated heterocycles. The van der Waals surface area contributed by atoms with Crippen molar-refractivity contribution < 1.29 is 4.79 Å². The van der Waals surface area contributed by atoms with Gasteiger partial charge in [-0.05, 0) is 57.0 Å². The highest BCUT2D eigenvalue weighted by molar-refractivity contribution is 7.15. The minimum Gasteiger partial charge on any atom is -0.351 e. The van der Waals surface area contributed by atoms with Gasteiger partial charge in [0.25, 0.3) is 5.91 Å². The first-order chi connectivity index (χ1) is 13.4. The zero-order valence-corrected chi connectivity index (χ0v) is 17.1. The molecular formula is C20H22N6OS. The minimum atomic E-state index is -0.213. The number of carbonyl (C=O) groups excluding carboxylic acids is 1. The van der Waals surface area contributed by atoms with Crippen LogP contribution in [0.5, 0.6) is 0 Å². The average molecular weight is 395 g/mol. The van der Waals surface area contributed by atoms with E-state index >= 15 is 0 Å². The molecule has 28 heavy (non-hydrogen) atoms. The molecule has 0 radical (unpaired) electrons. The monoisotopic (exact) mass is 394 g/mol. The molecule has 1 amide bonds. The van der Waals surface area contributed by atoms with E-state index in [4.69, 9.17) is 0 Å². The molecule has 4 aromatic rings. The third kappa shape index (κ3) is 3.68. The van der Waals surface area contributed by atoms with Crippen molar-refractivity contribution in [2.75, 3.05) is 5.32 Å². The first-order valence-corrected chi connectivity index (χ1v) is 9.95. The van der Waals surface area contributed by atoms with Gasteiger partial charge in [-0.3, -0.25) is 14.8 Å². The predicted octanol–water partition coefficient (Wildman–Crippen LogP) is 3.94. The van der Waals surface area contributed by atoms with E-state index in [1.165, 1.54) is 11.3 Å². The lowest BCUT2D eigenvalue weighted by Gasteiger charge is -2.01. The highest BCUT2D eigenvalue weighted by atomic mass is 32.1. The van der Waals surface area contributed by atoms with Crippen molar-refractivity contribution >= 4 is 33.3 Å². The number of nitrogens with zero attached hydrogens (tertiary/aromatic N) is 4. The Labute approximate surface area is 166 Å². The maximum Gasteiger partial charge on any atom is 0.273 e. The summed E-state index contributed by atoms with van der Waals surface area (Å²) in [6.07, 6.45) is 0.723. The topological polar surface area (TPSA) is 88.5 Å². The lowest BCUT2D eigenvalue weighted by molar-refractivity contribution is 0.102. The van der Waals surface area contributed by atoms with Gasteiger partial charge in [0, 0.05) is 29.6 Å². The van der Waals surface area contributed by atoms with Gasteiger partial charge in [0.2, 0.25) is 5.13 Å². The molecule has 0 bridgehead atoms. The molecular weight excluding hydrogens is 372 g/mol. The molecule has 0 aliphatic heterocycles. The number of anilines is 1. The molecule has 3 aromatic heterocycles. The van der Waals surface area contributed by atoms with Crippen LogP contribution in [0.3, 0.4) is 0 Å². The van der Waals surface area contributed by atoms with Gasteiger partial charge in [-0.1, -0.05) is 17.4 Å². The summed E-state index contributed by atoms with van der Waals surface area (Å²) in [6.45, 7) is 8.85. The summed E-state index contributed by atoms with van der Waals surface area (Å²) in [7, 11) is 0. The molecule has 0 spiro atoms. The van der Waals surface area contributed by atoms with E-state index in [1.807, 2.05) is 44.5 Å². The Balaban J connectivity index is 1.44. The number of nitrogens with one attached hydrogen (secondary N) is 2. The van der Waals surface area contributed by atoms with Crippen LogP contribution in [0.25, 0.3) is 10.9 Å². The van der Waals surface area contributed by atoms with Crippen molar-refractivity contribution in [2.45, 2.75) is 40.7 Å². The van der Waals surface area contributed by atoms with Crippen molar-refractivity contribution in [1.82, 2.24) is 25.0 Å². The molecule has 0 unspecified atom stereocenters. The second-order valence-electron chi connectivity index (χ2n) is 7.08. The number of amides is 1. The van der Waals surface area contributed by atoms with Crippen LogP contribution >= 0.6 is 11.3 Å². The molecule has 8 heteroatoms. The number of carbonyl (C=O) groups is 1. The zero-order chi connectivity index (χ0) is 19.8. The van der Waals surface area contributed by atoms with Crippen molar-refractivity contribution in [3.8, 4) is 0 Å². The molecule has 0 atom stereocenters. The predicted molar refractivity (Wildman–Crippen MR) is 111 cm³/mol. The summed E-state index contributed by atoms with van der Waals surface area (Å²) in [6, 6.07) is 8.08. The van der Waals surface area contributed by atoms with E-state index < -0.39 is 0 Å². The fourth-order valence-electron chi connectivity index (χ4n) is 3.39. The summed E-state index contributed by atoms with van der Waals surface area (Å²) >= 11 is 1.39. The maximum atomic E-state index is 12.6. The van der Waals surface area contributed by atoms with Crippen LogP contribution in [0.15, 0.2) is 24.3 Å². The summed E-state index contributed by atoms with van der Waals surface area (Å²) in [5, 5.41) is 18.0. The first kappa shape index (κ1) is 18.4. The number of fused-ring (bicyclic) bond motifs is 1. The van der Waals surface area contributed by atoms with E-state index in [2.05, 4.69) is 37.7 Å². The number of hydrogen-bond acceptors (Lipinski definition) is 5. The van der Waals surface area contributed by atoms with E-state index in [0.29, 0.717) is 10.8 Å². The molecule has 0 aliphatic rings. The smallest absolute Gasteiger partial charge is 0.273 e. The van der Waals surface area contributed by atoms with Crippen LogP contribution in [0.2, 0.25) is 0 Å². The number of rotatable bonds is 5. The van der Waals surface area contributed by atoms with Gasteiger partial charge in [0.05, 0.1) is 5.69 Å². The number of aryl methyl sites for hydroxylation is 6. The Morgan fingerprint density at radius 3 is 2.71 bits per heavy atom. The van der Waals surface area contributed by atoms with Gasteiger partial charge in [0.1, 0.15) is 10.7 Å². The Kier molecular flexibility index (Phi) is 4.72. The third-order valence-electron chi connectivity index (χ3n) is 4.66. The lowest BCUT2D eigenvalue weighted by atomic mass is 10.1. The molecule has 2 N–H and O–H groups in total. The summed E-state index contributed by atoms with van der Waals surface area (Å²) < 4.78 is 1.96. The van der Waals surface area contributed by atoms with E-state index in [0.717, 1.165) is 51.4 Å². The van der Waals surface area contributed by atoms with Crippen LogP contribution < -0.4 is 5.32 Å². The average Bonchev–Trinajstić information content (AvgIpc) is 3.32. The second kappa shape index (κ2) is 7.20. The normalized spacial score (nSPS) is 11.3. The number of benzene rings is 1. The van der Waals surface area contributed by atoms with Crippen LogP contribution in [0.1, 0.15) is 38.0 Å². The number of hydrogen-bond donors (Lipinski definition) is 2. The SMILES string of the molecule is Cc1cc(C)c2cc(C(=O)Nc3nnc(CCn4nc(C)cc4C)s3)[nH]c2c1. The molecule has 3 heterocycles. The largest absolute Gasteiger partial charge is 0.351 e. The standard InChI is InChI=1S/C20H22N6OS/c1-11-7-12(2)15-10-17(21-16(15)8-11)19(27)22-20-24-23-18(28-20)5-6-26-14(4)9-13(3)25-26/h7-10,21H,5-6H2,1-4H3,(H,22,24,27). The molecule has 144 valence electrons. The molecule has 0 aliphatic carbocycles. The first-order valence-electron chi connectivity index (χ1n) is 9.14. The molecule has 1 aromatic carbocycles. The highest BCUT2D eigenvalue weighted by Gasteiger charge is 2.14. The minimum absolute atomic E-state index is 0.213. The van der Waals surface area contributed by atoms with Gasteiger partial charge in [-0.25, -0.2) is 0 Å². The van der Waals surface area contributed by atoms with Gasteiger partial charge in [-0.15, -0.1) is 10.2 Å². The summed E-state index contributed by atoms with van der Waals surface area (Å²) in [5.74, 6) is -0.213. The highest BCUT2D eigenvalue weighted by Crippen LogP contribution is 2.23. The fourth-order valence-corrected chi connectivity index (χ4v) is 4.12. The molecule has 0 fully saturated rings. The summed E-state index contributed by atoms with van der Waals surface area (Å²) in [5.41, 5.74) is 5.92. The molecule has 4 rings (SSSR count). The Morgan fingerprint density at radius 2 is 1.96 bits per heavy atom. The Hall–Kier alpha value is -3.00. The van der Waals surface area contributed by atoms with Crippen LogP contribution in [-0.2, 0) is 13.0 Å². The number of H-pyrrole nitrogens is 1. The van der Waals surface area contributed by atoms with Crippen molar-refractivity contribution in [3.05, 3.63) is 57.5 Å². The maximum absolute atomic E-state index is 12.6.